The summed E-state index contributed by atoms with van der Waals surface area (Å²) >= 11 is 1.94. The van der Waals surface area contributed by atoms with E-state index < -0.39 is 5.97 Å². The normalized spacial score (nSPS) is 9.42. The smallest absolute Gasteiger partial charge is 0.351 e. The van der Waals surface area contributed by atoms with Gasteiger partial charge in [-0.2, -0.15) is 0 Å². The molecule has 0 spiro atoms. The number of carboxylic acid groups (broad SMARTS) is 1. The lowest BCUT2D eigenvalue weighted by Gasteiger charge is -1.91. The first-order valence-electron chi connectivity index (χ1n) is 4.86. The molecule has 2 aromatic heterocycles. The fourth-order valence-corrected chi connectivity index (χ4v) is 2.01. The van der Waals surface area contributed by atoms with Gasteiger partial charge in [-0.25, -0.2) is 9.59 Å². The molecule has 0 bridgehead atoms. The Hall–Kier alpha value is -1.94. The number of aryl methyl sites for hydroxylation is 2. The highest BCUT2D eigenvalue weighted by Crippen LogP contribution is 2.09. The Bertz CT molecular complexity index is 580. The monoisotopic (exact) mass is 302 g/mol. The van der Waals surface area contributed by atoms with Crippen molar-refractivity contribution in [2.24, 2.45) is 0 Å². The molecule has 0 aromatic carbocycles. The van der Waals surface area contributed by atoms with Crippen LogP contribution in [0.15, 0.2) is 0 Å². The summed E-state index contributed by atoms with van der Waals surface area (Å²) in [5.41, 5.74) is 1.10. The van der Waals surface area contributed by atoms with E-state index >= 15 is 0 Å². The average Bonchev–Trinajstić information content (AvgIpc) is 2.97. The van der Waals surface area contributed by atoms with Gasteiger partial charge in [0, 0.05) is 0 Å². The number of aromatic nitrogens is 4. The molecule has 2 heterocycles. The van der Waals surface area contributed by atoms with Gasteiger partial charge in [0.25, 0.3) is 0 Å². The van der Waals surface area contributed by atoms with E-state index in [-0.39, 0.29) is 10.8 Å². The molecule has 0 unspecified atom stereocenters. The number of carbonyl (C=O) groups is 2. The van der Waals surface area contributed by atoms with Gasteiger partial charge >= 0.3 is 11.9 Å². The molecule has 0 aliphatic carbocycles. The minimum absolute atomic E-state index is 0.218. The van der Waals surface area contributed by atoms with Gasteiger partial charge in [-0.05, 0) is 36.9 Å². The third-order valence-corrected chi connectivity index (χ3v) is 3.49. The maximum Gasteiger partial charge on any atom is 0.351 e. The molecule has 0 saturated heterocycles. The van der Waals surface area contributed by atoms with Gasteiger partial charge in [0.1, 0.15) is 0 Å². The van der Waals surface area contributed by atoms with Gasteiger partial charge < -0.3 is 9.84 Å². The predicted octanol–water partition coefficient (Wildman–Crippen LogP) is 1.18. The Labute approximate surface area is 116 Å². The molecule has 0 radical (unpaired) electrons. The van der Waals surface area contributed by atoms with Crippen LogP contribution in [0.5, 0.6) is 0 Å². The zero-order chi connectivity index (χ0) is 14.4. The fourth-order valence-electron chi connectivity index (χ4n) is 0.939. The summed E-state index contributed by atoms with van der Waals surface area (Å²) in [5.74, 6) is -1.32. The largest absolute Gasteiger partial charge is 0.477 e. The maximum atomic E-state index is 10.8. The molecule has 0 aliphatic heterocycles. The Morgan fingerprint density at radius 3 is 1.79 bits per heavy atom. The van der Waals surface area contributed by atoms with Crippen LogP contribution < -0.4 is 0 Å². The maximum absolute atomic E-state index is 10.8. The number of nitrogens with zero attached hydrogens (tertiary/aromatic N) is 4. The lowest BCUT2D eigenvalue weighted by Crippen LogP contribution is -1.99. The first-order valence-corrected chi connectivity index (χ1v) is 6.41. The average molecular weight is 302 g/mol. The van der Waals surface area contributed by atoms with Gasteiger partial charge in [-0.1, -0.05) is 8.98 Å². The number of carbonyl (C=O) groups excluding carboxylic acids is 1. The van der Waals surface area contributed by atoms with Gasteiger partial charge in [0.15, 0.2) is 9.75 Å². The zero-order valence-electron chi connectivity index (χ0n) is 10.3. The SMILES string of the molecule is COC(=O)c1snnc1C.Cc1nnsc1C(=O)O. The lowest BCUT2D eigenvalue weighted by molar-refractivity contribution is 0.0604. The number of aromatic carboxylic acids is 1. The van der Waals surface area contributed by atoms with Gasteiger partial charge in [0.2, 0.25) is 0 Å². The van der Waals surface area contributed by atoms with Crippen molar-refractivity contribution >= 4 is 35.0 Å². The number of hydrogen-bond acceptors (Lipinski definition) is 9. The van der Waals surface area contributed by atoms with Crippen LogP contribution in [0.4, 0.5) is 0 Å². The third kappa shape index (κ3) is 4.03. The summed E-state index contributed by atoms with van der Waals surface area (Å²) in [7, 11) is 1.33. The minimum Gasteiger partial charge on any atom is -0.477 e. The topological polar surface area (TPSA) is 115 Å². The van der Waals surface area contributed by atoms with Crippen LogP contribution in [0.1, 0.15) is 30.7 Å². The Morgan fingerprint density at radius 1 is 1.05 bits per heavy atom. The first-order chi connectivity index (χ1) is 8.97. The molecule has 0 atom stereocenters. The number of methoxy groups -OCH3 is 1. The van der Waals surface area contributed by atoms with E-state index in [9.17, 15) is 9.59 Å². The van der Waals surface area contributed by atoms with Crippen molar-refractivity contribution in [3.8, 4) is 0 Å². The van der Waals surface area contributed by atoms with Crippen LogP contribution in [0, 0.1) is 13.8 Å². The van der Waals surface area contributed by atoms with E-state index in [0.29, 0.717) is 16.3 Å². The number of esters is 1. The van der Waals surface area contributed by atoms with Crippen molar-refractivity contribution in [1.29, 1.82) is 0 Å². The van der Waals surface area contributed by atoms with E-state index in [0.717, 1.165) is 23.1 Å². The summed E-state index contributed by atoms with van der Waals surface area (Å²) in [6.07, 6.45) is 0. The molecule has 2 aromatic rings. The van der Waals surface area contributed by atoms with Crippen molar-refractivity contribution < 1.29 is 19.4 Å². The summed E-state index contributed by atoms with van der Waals surface area (Å²) in [6.45, 7) is 3.34. The summed E-state index contributed by atoms with van der Waals surface area (Å²) in [5, 5.41) is 15.6. The van der Waals surface area contributed by atoms with Crippen LogP contribution in [0.25, 0.3) is 0 Å². The summed E-state index contributed by atoms with van der Waals surface area (Å²) in [4.78, 5) is 21.7. The molecule has 0 saturated carbocycles. The van der Waals surface area contributed by atoms with Crippen LogP contribution in [0.3, 0.4) is 0 Å². The second-order valence-corrected chi connectivity index (χ2v) is 4.68. The lowest BCUT2D eigenvalue weighted by atomic mass is 10.4. The highest BCUT2D eigenvalue weighted by molar-refractivity contribution is 7.08. The zero-order valence-corrected chi connectivity index (χ0v) is 11.9. The number of rotatable bonds is 2. The van der Waals surface area contributed by atoms with Crippen LogP contribution in [0.2, 0.25) is 0 Å². The van der Waals surface area contributed by atoms with E-state index in [1.807, 2.05) is 0 Å². The quantitative estimate of drug-likeness (QED) is 0.822. The molecule has 10 heteroatoms. The number of hydrogen-bond donors (Lipinski definition) is 1. The van der Waals surface area contributed by atoms with Crippen molar-refractivity contribution in [1.82, 2.24) is 19.2 Å². The van der Waals surface area contributed by atoms with Crippen molar-refractivity contribution in [2.45, 2.75) is 13.8 Å². The highest BCUT2D eigenvalue weighted by Gasteiger charge is 2.12. The highest BCUT2D eigenvalue weighted by atomic mass is 32.1. The van der Waals surface area contributed by atoms with Crippen molar-refractivity contribution in [2.75, 3.05) is 7.11 Å². The molecule has 0 fully saturated rings. The third-order valence-electron chi connectivity index (χ3n) is 1.87. The van der Waals surface area contributed by atoms with E-state index in [4.69, 9.17) is 5.11 Å². The molecule has 2 rings (SSSR count). The molecule has 1 N–H and O–H groups in total. The first kappa shape index (κ1) is 15.1. The molecule has 102 valence electrons. The van der Waals surface area contributed by atoms with Crippen LogP contribution in [-0.4, -0.2) is 43.3 Å². The summed E-state index contributed by atoms with van der Waals surface area (Å²) in [6, 6.07) is 0. The Balaban J connectivity index is 0.000000191. The predicted molar refractivity (Wildman–Crippen MR) is 67.6 cm³/mol. The van der Waals surface area contributed by atoms with Crippen molar-refractivity contribution in [3.63, 3.8) is 0 Å². The Kier molecular flexibility index (Phi) is 5.45. The van der Waals surface area contributed by atoms with E-state index in [1.54, 1.807) is 13.8 Å². The molecular weight excluding hydrogens is 292 g/mol. The molecular formula is C9H10N4O4S2. The molecule has 19 heavy (non-hydrogen) atoms. The number of carboxylic acids is 1. The van der Waals surface area contributed by atoms with Crippen LogP contribution in [-0.2, 0) is 4.74 Å². The second kappa shape index (κ2) is 6.85. The minimum atomic E-state index is -0.956. The van der Waals surface area contributed by atoms with E-state index in [2.05, 4.69) is 23.9 Å². The van der Waals surface area contributed by atoms with Gasteiger partial charge in [-0.3, -0.25) is 0 Å². The van der Waals surface area contributed by atoms with Crippen LogP contribution >= 0.6 is 23.1 Å². The molecule has 8 nitrogen and oxygen atoms in total. The summed E-state index contributed by atoms with van der Waals surface area (Å²) < 4.78 is 11.5. The molecule has 0 amide bonds. The Morgan fingerprint density at radius 2 is 1.53 bits per heavy atom. The fraction of sp³-hybridized carbons (Fsp3) is 0.333. The second-order valence-electron chi connectivity index (χ2n) is 3.17. The van der Waals surface area contributed by atoms with Crippen molar-refractivity contribution in [3.05, 3.63) is 21.1 Å². The standard InChI is InChI=1S/C5H6N2O2S.C4H4N2O2S/c1-3-4(5(8)9-2)10-7-6-3;1-2-3(4(7)8)9-6-5-2/h1-2H3;1H3,(H,7,8). The van der Waals surface area contributed by atoms with E-state index in [1.165, 1.54) is 7.11 Å². The molecule has 0 aliphatic rings. The van der Waals surface area contributed by atoms with Gasteiger partial charge in [-0.15, -0.1) is 10.2 Å². The number of ether oxygens (including phenoxy) is 1. The van der Waals surface area contributed by atoms with Gasteiger partial charge in [0.05, 0.1) is 18.5 Å².